The number of nitrogens with two attached hydrogens (primary N) is 1. The van der Waals surface area contributed by atoms with E-state index < -0.39 is 0 Å². The molecule has 2 aromatic heterocycles. The number of carbonyl (C=O) groups excluding carboxylic acids is 1. The Labute approximate surface area is 158 Å². The molecule has 0 aromatic carbocycles. The summed E-state index contributed by atoms with van der Waals surface area (Å²) in [5.41, 5.74) is 11.1. The predicted molar refractivity (Wildman–Crippen MR) is 107 cm³/mol. The SMILES string of the molecule is CC1=C/C(=N\c2c(OCCN(C)C)nn3c(C)c(C)ccc23)C(N)=CC1=O. The van der Waals surface area contributed by atoms with Gasteiger partial charge >= 0.3 is 0 Å². The van der Waals surface area contributed by atoms with Crippen molar-refractivity contribution in [1.29, 1.82) is 0 Å². The van der Waals surface area contributed by atoms with Crippen molar-refractivity contribution in [2.75, 3.05) is 27.2 Å². The highest BCUT2D eigenvalue weighted by molar-refractivity contribution is 6.22. The average Bonchev–Trinajstić information content (AvgIpc) is 2.94. The third-order valence-electron chi connectivity index (χ3n) is 4.58. The van der Waals surface area contributed by atoms with Crippen LogP contribution in [0.25, 0.3) is 5.52 Å². The van der Waals surface area contributed by atoms with E-state index in [1.807, 2.05) is 49.5 Å². The van der Waals surface area contributed by atoms with Crippen molar-refractivity contribution >= 4 is 22.7 Å². The Morgan fingerprint density at radius 2 is 1.96 bits per heavy atom. The van der Waals surface area contributed by atoms with Crippen molar-refractivity contribution in [3.05, 3.63) is 46.8 Å². The molecule has 142 valence electrons. The number of ketones is 1. The number of pyridine rings is 1. The van der Waals surface area contributed by atoms with Crippen LogP contribution in [0.1, 0.15) is 18.2 Å². The normalized spacial score (nSPS) is 16.2. The van der Waals surface area contributed by atoms with Gasteiger partial charge in [0.1, 0.15) is 6.61 Å². The molecule has 1 aliphatic rings. The molecule has 0 radical (unpaired) electrons. The monoisotopic (exact) mass is 367 g/mol. The third-order valence-corrected chi connectivity index (χ3v) is 4.58. The molecule has 0 bridgehead atoms. The summed E-state index contributed by atoms with van der Waals surface area (Å²) in [4.78, 5) is 18.5. The standard InChI is InChI=1S/C20H25N5O2/c1-12-6-7-17-19(22-16-10-13(2)18(26)11-15(16)21)20(23-25(17)14(12)3)27-9-8-24(4)5/h6-7,10-11H,8-9,21H2,1-5H3/b22-16+. The molecule has 0 saturated heterocycles. The van der Waals surface area contributed by atoms with Crippen LogP contribution >= 0.6 is 0 Å². The molecule has 0 atom stereocenters. The zero-order valence-electron chi connectivity index (χ0n) is 16.4. The number of ether oxygens (including phenoxy) is 1. The summed E-state index contributed by atoms with van der Waals surface area (Å²) in [5.74, 6) is 0.356. The van der Waals surface area contributed by atoms with E-state index in [0.29, 0.717) is 35.2 Å². The van der Waals surface area contributed by atoms with Crippen molar-refractivity contribution < 1.29 is 9.53 Å². The van der Waals surface area contributed by atoms with E-state index in [2.05, 4.69) is 5.10 Å². The Balaban J connectivity index is 2.12. The minimum Gasteiger partial charge on any atom is -0.474 e. The lowest BCUT2D eigenvalue weighted by Gasteiger charge is -2.11. The molecular weight excluding hydrogens is 342 g/mol. The zero-order valence-corrected chi connectivity index (χ0v) is 16.4. The van der Waals surface area contributed by atoms with Gasteiger partial charge in [-0.05, 0) is 58.1 Å². The molecule has 2 N–H and O–H groups in total. The quantitative estimate of drug-likeness (QED) is 0.820. The van der Waals surface area contributed by atoms with Crippen molar-refractivity contribution in [3.63, 3.8) is 0 Å². The first-order chi connectivity index (χ1) is 12.8. The summed E-state index contributed by atoms with van der Waals surface area (Å²) in [6.45, 7) is 7.05. The Hall–Kier alpha value is -2.93. The number of nitrogens with zero attached hydrogens (tertiary/aromatic N) is 4. The van der Waals surface area contributed by atoms with Gasteiger partial charge in [0, 0.05) is 18.3 Å². The van der Waals surface area contributed by atoms with Gasteiger partial charge in [-0.3, -0.25) is 4.79 Å². The average molecular weight is 367 g/mol. The van der Waals surface area contributed by atoms with Crippen molar-refractivity contribution in [2.24, 2.45) is 10.7 Å². The highest BCUT2D eigenvalue weighted by atomic mass is 16.5. The number of likely N-dealkylation sites (N-methyl/N-ethyl adjacent to an activating group) is 1. The van der Waals surface area contributed by atoms with Crippen LogP contribution < -0.4 is 10.5 Å². The first-order valence-electron chi connectivity index (χ1n) is 8.83. The molecule has 2 aromatic rings. The number of aromatic nitrogens is 2. The van der Waals surface area contributed by atoms with Crippen LogP contribution in [-0.4, -0.2) is 53.3 Å². The lowest BCUT2D eigenvalue weighted by molar-refractivity contribution is -0.111. The minimum absolute atomic E-state index is 0.0970. The summed E-state index contributed by atoms with van der Waals surface area (Å²) < 4.78 is 7.76. The van der Waals surface area contributed by atoms with Gasteiger partial charge in [0.05, 0.1) is 16.9 Å². The molecule has 0 fully saturated rings. The second kappa shape index (κ2) is 7.36. The second-order valence-electron chi connectivity index (χ2n) is 6.99. The van der Waals surface area contributed by atoms with Crippen molar-refractivity contribution in [2.45, 2.75) is 20.8 Å². The Kier molecular flexibility index (Phi) is 5.14. The number of hydrogen-bond donors (Lipinski definition) is 1. The lowest BCUT2D eigenvalue weighted by Crippen LogP contribution is -2.19. The van der Waals surface area contributed by atoms with E-state index in [0.717, 1.165) is 23.3 Å². The fourth-order valence-corrected chi connectivity index (χ4v) is 2.73. The van der Waals surface area contributed by atoms with Gasteiger partial charge in [0.2, 0.25) is 0 Å². The summed E-state index contributed by atoms with van der Waals surface area (Å²) in [5, 5.41) is 4.62. The number of hydrogen-bond acceptors (Lipinski definition) is 6. The third kappa shape index (κ3) is 3.78. The predicted octanol–water partition coefficient (Wildman–Crippen LogP) is 2.34. The maximum atomic E-state index is 11.8. The Morgan fingerprint density at radius 1 is 1.22 bits per heavy atom. The van der Waals surface area contributed by atoms with E-state index in [1.165, 1.54) is 6.08 Å². The van der Waals surface area contributed by atoms with Gasteiger partial charge in [-0.1, -0.05) is 6.07 Å². The molecule has 2 heterocycles. The van der Waals surface area contributed by atoms with Crippen LogP contribution in [0, 0.1) is 13.8 Å². The molecule has 7 heteroatoms. The summed E-state index contributed by atoms with van der Waals surface area (Å²) >= 11 is 0. The van der Waals surface area contributed by atoms with Gasteiger partial charge < -0.3 is 15.4 Å². The smallest absolute Gasteiger partial charge is 0.260 e. The van der Waals surface area contributed by atoms with Crippen LogP contribution in [0.3, 0.4) is 0 Å². The molecule has 1 aliphatic carbocycles. The largest absolute Gasteiger partial charge is 0.474 e. The topological polar surface area (TPSA) is 85.2 Å². The van der Waals surface area contributed by atoms with Crippen molar-refractivity contribution in [1.82, 2.24) is 14.5 Å². The van der Waals surface area contributed by atoms with E-state index in [4.69, 9.17) is 15.5 Å². The second-order valence-corrected chi connectivity index (χ2v) is 6.99. The van der Waals surface area contributed by atoms with Gasteiger partial charge in [-0.25, -0.2) is 9.51 Å². The highest BCUT2D eigenvalue weighted by Crippen LogP contribution is 2.34. The first-order valence-corrected chi connectivity index (χ1v) is 8.83. The lowest BCUT2D eigenvalue weighted by atomic mass is 10.0. The maximum absolute atomic E-state index is 11.8. The molecule has 0 amide bonds. The summed E-state index contributed by atoms with van der Waals surface area (Å²) in [7, 11) is 3.97. The van der Waals surface area contributed by atoms with Crippen LogP contribution in [-0.2, 0) is 4.79 Å². The Bertz CT molecular complexity index is 995. The first kappa shape index (κ1) is 18.8. The van der Waals surface area contributed by atoms with Gasteiger partial charge in [-0.2, -0.15) is 0 Å². The van der Waals surface area contributed by atoms with Crippen LogP contribution in [0.2, 0.25) is 0 Å². The van der Waals surface area contributed by atoms with Crippen LogP contribution in [0.15, 0.2) is 40.5 Å². The van der Waals surface area contributed by atoms with E-state index in [-0.39, 0.29) is 5.78 Å². The molecule has 0 spiro atoms. The molecule has 0 saturated carbocycles. The molecule has 0 aliphatic heterocycles. The molecule has 0 unspecified atom stereocenters. The summed E-state index contributed by atoms with van der Waals surface area (Å²) in [6, 6.07) is 4.00. The summed E-state index contributed by atoms with van der Waals surface area (Å²) in [6.07, 6.45) is 3.10. The number of aliphatic imine (C=N–C) groups is 1. The molecular formula is C20H25N5O2. The number of allylic oxidation sites excluding steroid dienone is 3. The van der Waals surface area contributed by atoms with Gasteiger partial charge in [0.15, 0.2) is 11.5 Å². The van der Waals surface area contributed by atoms with Crippen LogP contribution in [0.4, 0.5) is 5.69 Å². The van der Waals surface area contributed by atoms with Gasteiger partial charge in [0.25, 0.3) is 5.88 Å². The number of rotatable bonds is 5. The van der Waals surface area contributed by atoms with Gasteiger partial charge in [-0.15, -0.1) is 5.10 Å². The number of carbonyl (C=O) groups is 1. The molecule has 27 heavy (non-hydrogen) atoms. The molecule has 7 nitrogen and oxygen atoms in total. The highest BCUT2D eigenvalue weighted by Gasteiger charge is 2.19. The minimum atomic E-state index is -0.0970. The number of aryl methyl sites for hydroxylation is 2. The number of fused-ring (bicyclic) bond motifs is 1. The fourth-order valence-electron chi connectivity index (χ4n) is 2.73. The Morgan fingerprint density at radius 3 is 2.67 bits per heavy atom. The molecule has 3 rings (SSSR count). The fraction of sp³-hybridized carbons (Fsp3) is 0.350. The van der Waals surface area contributed by atoms with E-state index >= 15 is 0 Å². The van der Waals surface area contributed by atoms with E-state index in [9.17, 15) is 4.79 Å². The van der Waals surface area contributed by atoms with E-state index in [1.54, 1.807) is 13.0 Å². The van der Waals surface area contributed by atoms with Crippen LogP contribution in [0.5, 0.6) is 5.88 Å². The maximum Gasteiger partial charge on any atom is 0.260 e. The zero-order chi connectivity index (χ0) is 19.7. The van der Waals surface area contributed by atoms with Crippen molar-refractivity contribution in [3.8, 4) is 5.88 Å².